The van der Waals surface area contributed by atoms with Gasteiger partial charge in [-0.2, -0.15) is 0 Å². The number of pyridine rings is 1. The van der Waals surface area contributed by atoms with Crippen LogP contribution in [0.3, 0.4) is 0 Å². The molecule has 1 aliphatic rings. The summed E-state index contributed by atoms with van der Waals surface area (Å²) in [5.41, 5.74) is 4.03. The van der Waals surface area contributed by atoms with Crippen LogP contribution < -0.4 is 5.56 Å². The number of rotatable bonds is 9. The van der Waals surface area contributed by atoms with Crippen molar-refractivity contribution in [1.29, 1.82) is 0 Å². The summed E-state index contributed by atoms with van der Waals surface area (Å²) in [6, 6.07) is 6.74. The number of aromatic amines is 1. The van der Waals surface area contributed by atoms with Gasteiger partial charge in [0.15, 0.2) is 5.82 Å². The molecule has 1 atom stereocenters. The van der Waals surface area contributed by atoms with E-state index in [9.17, 15) is 4.79 Å². The Morgan fingerprint density at radius 3 is 2.73 bits per heavy atom. The third kappa shape index (κ3) is 5.17. The molecular formula is C25H36N6O2. The van der Waals surface area contributed by atoms with Gasteiger partial charge in [0, 0.05) is 36.2 Å². The average molecular weight is 453 g/mol. The SMILES string of the molecule is CC[C@@H](c1nnnn1CCOC)N(Cc1cc2c(C)cc(C)cc2[nH]c1=O)C1CCCCC1. The molecule has 2 heterocycles. The van der Waals surface area contributed by atoms with Crippen LogP contribution in [0.5, 0.6) is 0 Å². The van der Waals surface area contributed by atoms with E-state index >= 15 is 0 Å². The number of methoxy groups -OCH3 is 1. The highest BCUT2D eigenvalue weighted by atomic mass is 16.5. The first kappa shape index (κ1) is 23.6. The number of ether oxygens (including phenoxy) is 1. The Kier molecular flexibility index (Phi) is 7.55. The van der Waals surface area contributed by atoms with Crippen LogP contribution in [-0.4, -0.2) is 49.8 Å². The average Bonchev–Trinajstić information content (AvgIpc) is 3.27. The van der Waals surface area contributed by atoms with Gasteiger partial charge in [0.1, 0.15) is 0 Å². The van der Waals surface area contributed by atoms with E-state index in [0.717, 1.165) is 47.1 Å². The molecule has 33 heavy (non-hydrogen) atoms. The highest BCUT2D eigenvalue weighted by Gasteiger charge is 2.32. The second-order valence-corrected chi connectivity index (χ2v) is 9.31. The van der Waals surface area contributed by atoms with E-state index in [4.69, 9.17) is 4.74 Å². The van der Waals surface area contributed by atoms with Gasteiger partial charge in [-0.05, 0) is 66.8 Å². The standard InChI is InChI=1S/C25H36N6O2/c1-5-23(24-27-28-29-31(24)11-12-33-4)30(20-9-7-6-8-10-20)16-19-15-21-18(3)13-17(2)14-22(21)26-25(19)32/h13-15,20,23H,5-12,16H2,1-4H3,(H,26,32)/t23-/m0/s1. The number of nitrogens with zero attached hydrogens (tertiary/aromatic N) is 5. The van der Waals surface area contributed by atoms with E-state index in [0.29, 0.717) is 25.7 Å². The van der Waals surface area contributed by atoms with Gasteiger partial charge < -0.3 is 9.72 Å². The number of benzene rings is 1. The molecular weight excluding hydrogens is 416 g/mol. The number of fused-ring (bicyclic) bond motifs is 1. The van der Waals surface area contributed by atoms with Crippen molar-refractivity contribution in [1.82, 2.24) is 30.1 Å². The maximum Gasteiger partial charge on any atom is 0.252 e. The minimum Gasteiger partial charge on any atom is -0.383 e. The Bertz CT molecular complexity index is 1130. The fourth-order valence-corrected chi connectivity index (χ4v) is 5.29. The maximum absolute atomic E-state index is 13.1. The minimum absolute atomic E-state index is 0.0119. The number of hydrogen-bond acceptors (Lipinski definition) is 6. The molecule has 3 aromatic rings. The Labute approximate surface area is 195 Å². The summed E-state index contributed by atoms with van der Waals surface area (Å²) in [5, 5.41) is 13.7. The molecule has 4 rings (SSSR count). The zero-order chi connectivity index (χ0) is 23.4. The van der Waals surface area contributed by atoms with Gasteiger partial charge in [-0.1, -0.05) is 32.3 Å². The Morgan fingerprint density at radius 2 is 2.00 bits per heavy atom. The number of nitrogens with one attached hydrogen (secondary N) is 1. The summed E-state index contributed by atoms with van der Waals surface area (Å²) >= 11 is 0. The molecule has 0 aliphatic heterocycles. The number of aryl methyl sites for hydroxylation is 2. The molecule has 1 N–H and O–H groups in total. The van der Waals surface area contributed by atoms with Gasteiger partial charge in [-0.3, -0.25) is 9.69 Å². The van der Waals surface area contributed by atoms with Gasteiger partial charge in [0.05, 0.1) is 19.2 Å². The van der Waals surface area contributed by atoms with Gasteiger partial charge >= 0.3 is 0 Å². The number of aromatic nitrogens is 5. The van der Waals surface area contributed by atoms with Crippen LogP contribution in [0.25, 0.3) is 10.9 Å². The molecule has 2 aromatic heterocycles. The van der Waals surface area contributed by atoms with Crippen LogP contribution in [0.15, 0.2) is 23.0 Å². The van der Waals surface area contributed by atoms with Gasteiger partial charge in [0.2, 0.25) is 0 Å². The molecule has 0 radical (unpaired) electrons. The third-order valence-electron chi connectivity index (χ3n) is 6.94. The first-order chi connectivity index (χ1) is 16.0. The van der Waals surface area contributed by atoms with Crippen molar-refractivity contribution < 1.29 is 4.74 Å². The fraction of sp³-hybridized carbons (Fsp3) is 0.600. The molecule has 0 bridgehead atoms. The fourth-order valence-electron chi connectivity index (χ4n) is 5.29. The summed E-state index contributed by atoms with van der Waals surface area (Å²) in [4.78, 5) is 18.8. The van der Waals surface area contributed by atoms with E-state index < -0.39 is 0 Å². The lowest BCUT2D eigenvalue weighted by Crippen LogP contribution is -2.41. The second-order valence-electron chi connectivity index (χ2n) is 9.31. The number of tetrazole rings is 1. The molecule has 8 heteroatoms. The summed E-state index contributed by atoms with van der Waals surface area (Å²) in [5.74, 6) is 0.851. The normalized spacial score (nSPS) is 16.0. The van der Waals surface area contributed by atoms with Crippen LogP contribution in [0.1, 0.15) is 74.0 Å². The van der Waals surface area contributed by atoms with E-state index in [-0.39, 0.29) is 11.6 Å². The van der Waals surface area contributed by atoms with Crippen molar-refractivity contribution in [2.75, 3.05) is 13.7 Å². The van der Waals surface area contributed by atoms with E-state index in [1.165, 1.54) is 24.8 Å². The Hall–Kier alpha value is -2.58. The van der Waals surface area contributed by atoms with Crippen LogP contribution in [0.4, 0.5) is 0 Å². The second kappa shape index (κ2) is 10.6. The topological polar surface area (TPSA) is 88.9 Å². The van der Waals surface area contributed by atoms with Crippen molar-refractivity contribution in [3.8, 4) is 0 Å². The smallest absolute Gasteiger partial charge is 0.252 e. The highest BCUT2D eigenvalue weighted by molar-refractivity contribution is 5.83. The maximum atomic E-state index is 13.1. The summed E-state index contributed by atoms with van der Waals surface area (Å²) in [7, 11) is 1.69. The van der Waals surface area contributed by atoms with Crippen LogP contribution in [0.2, 0.25) is 0 Å². The Balaban J connectivity index is 1.73. The predicted molar refractivity (Wildman–Crippen MR) is 129 cm³/mol. The quantitative estimate of drug-likeness (QED) is 0.527. The third-order valence-corrected chi connectivity index (χ3v) is 6.94. The van der Waals surface area contributed by atoms with Crippen LogP contribution >= 0.6 is 0 Å². The zero-order valence-corrected chi connectivity index (χ0v) is 20.3. The molecule has 0 spiro atoms. The summed E-state index contributed by atoms with van der Waals surface area (Å²) in [6.07, 6.45) is 6.87. The molecule has 1 aromatic carbocycles. The van der Waals surface area contributed by atoms with E-state index in [1.54, 1.807) is 7.11 Å². The highest BCUT2D eigenvalue weighted by Crippen LogP contribution is 2.33. The van der Waals surface area contributed by atoms with Crippen molar-refractivity contribution in [2.24, 2.45) is 0 Å². The molecule has 0 saturated heterocycles. The molecule has 1 fully saturated rings. The molecule has 8 nitrogen and oxygen atoms in total. The van der Waals surface area contributed by atoms with Crippen LogP contribution in [0, 0.1) is 13.8 Å². The lowest BCUT2D eigenvalue weighted by atomic mass is 9.92. The van der Waals surface area contributed by atoms with E-state index in [2.05, 4.69) is 58.3 Å². The van der Waals surface area contributed by atoms with Gasteiger partial charge in [-0.15, -0.1) is 5.10 Å². The van der Waals surface area contributed by atoms with Crippen molar-refractivity contribution in [3.05, 3.63) is 51.1 Å². The molecule has 1 saturated carbocycles. The number of hydrogen-bond donors (Lipinski definition) is 1. The van der Waals surface area contributed by atoms with E-state index in [1.807, 2.05) is 10.7 Å². The molecule has 0 amide bonds. The zero-order valence-electron chi connectivity index (χ0n) is 20.3. The van der Waals surface area contributed by atoms with Crippen molar-refractivity contribution in [3.63, 3.8) is 0 Å². The largest absolute Gasteiger partial charge is 0.383 e. The number of H-pyrrole nitrogens is 1. The minimum atomic E-state index is -0.0119. The van der Waals surface area contributed by atoms with Crippen molar-refractivity contribution >= 4 is 10.9 Å². The molecule has 0 unspecified atom stereocenters. The molecule has 1 aliphatic carbocycles. The first-order valence-electron chi connectivity index (χ1n) is 12.2. The summed E-state index contributed by atoms with van der Waals surface area (Å²) in [6.45, 7) is 8.09. The lowest BCUT2D eigenvalue weighted by Gasteiger charge is -2.39. The Morgan fingerprint density at radius 1 is 1.21 bits per heavy atom. The van der Waals surface area contributed by atoms with Crippen molar-refractivity contribution in [2.45, 2.75) is 84.5 Å². The lowest BCUT2D eigenvalue weighted by molar-refractivity contribution is 0.0826. The van der Waals surface area contributed by atoms with Gasteiger partial charge in [0.25, 0.3) is 5.56 Å². The molecule has 178 valence electrons. The van der Waals surface area contributed by atoms with Crippen LogP contribution in [-0.2, 0) is 17.8 Å². The first-order valence-corrected chi connectivity index (χ1v) is 12.2. The monoisotopic (exact) mass is 452 g/mol. The van der Waals surface area contributed by atoms with Gasteiger partial charge in [-0.25, -0.2) is 4.68 Å². The predicted octanol–water partition coefficient (Wildman–Crippen LogP) is 4.06. The summed E-state index contributed by atoms with van der Waals surface area (Å²) < 4.78 is 7.11.